The zero-order valence-electron chi connectivity index (χ0n) is 9.11. The van der Waals surface area contributed by atoms with Gasteiger partial charge in [-0.2, -0.15) is 0 Å². The molecular weight excluding hydrogens is 186 g/mol. The largest absolute Gasteiger partial charge is 0.492 e. The highest BCUT2D eigenvalue weighted by molar-refractivity contribution is 5.20. The van der Waals surface area contributed by atoms with Crippen LogP contribution >= 0.6 is 0 Å². The average molecular weight is 205 g/mol. The molecule has 2 heteroatoms. The van der Waals surface area contributed by atoms with E-state index >= 15 is 0 Å². The van der Waals surface area contributed by atoms with E-state index in [1.807, 2.05) is 30.3 Å². The molecule has 2 nitrogen and oxygen atoms in total. The molecule has 0 radical (unpaired) electrons. The van der Waals surface area contributed by atoms with E-state index in [1.54, 1.807) is 0 Å². The van der Waals surface area contributed by atoms with Gasteiger partial charge in [0.25, 0.3) is 0 Å². The maximum atomic E-state index is 5.58. The van der Waals surface area contributed by atoms with E-state index in [-0.39, 0.29) is 0 Å². The van der Waals surface area contributed by atoms with Crippen LogP contribution in [0.3, 0.4) is 0 Å². The lowest BCUT2D eigenvalue weighted by Crippen LogP contribution is -2.30. The molecule has 1 aromatic rings. The Kier molecular flexibility index (Phi) is 4.03. The second-order valence-corrected chi connectivity index (χ2v) is 4.16. The van der Waals surface area contributed by atoms with Crippen LogP contribution < -0.4 is 10.1 Å². The zero-order valence-corrected chi connectivity index (χ0v) is 9.11. The van der Waals surface area contributed by atoms with E-state index in [2.05, 4.69) is 5.32 Å². The van der Waals surface area contributed by atoms with Gasteiger partial charge in [0.15, 0.2) is 0 Å². The third-order valence-electron chi connectivity index (χ3n) is 2.95. The predicted octanol–water partition coefficient (Wildman–Crippen LogP) is 2.46. The summed E-state index contributed by atoms with van der Waals surface area (Å²) in [5, 5.41) is 3.43. The van der Waals surface area contributed by atoms with Crippen molar-refractivity contribution in [3.63, 3.8) is 0 Å². The summed E-state index contributed by atoms with van der Waals surface area (Å²) >= 11 is 0. The molecule has 0 amide bonds. The second-order valence-electron chi connectivity index (χ2n) is 4.16. The number of rotatable bonds is 6. The lowest BCUT2D eigenvalue weighted by atomic mass is 9.85. The maximum Gasteiger partial charge on any atom is 0.119 e. The molecule has 15 heavy (non-hydrogen) atoms. The van der Waals surface area contributed by atoms with Crippen molar-refractivity contribution in [2.45, 2.75) is 19.3 Å². The minimum absolute atomic E-state index is 0.761. The van der Waals surface area contributed by atoms with Gasteiger partial charge in [-0.15, -0.1) is 0 Å². The van der Waals surface area contributed by atoms with Gasteiger partial charge < -0.3 is 10.1 Å². The molecule has 0 saturated heterocycles. The first-order chi connectivity index (χ1) is 7.45. The molecule has 1 aromatic carbocycles. The van der Waals surface area contributed by atoms with Gasteiger partial charge in [-0.1, -0.05) is 24.6 Å². The van der Waals surface area contributed by atoms with Crippen molar-refractivity contribution in [1.29, 1.82) is 0 Å². The lowest BCUT2D eigenvalue weighted by molar-refractivity contribution is 0.276. The van der Waals surface area contributed by atoms with Crippen LogP contribution in [0.1, 0.15) is 19.3 Å². The summed E-state index contributed by atoms with van der Waals surface area (Å²) in [5.41, 5.74) is 0. The number of hydrogen-bond donors (Lipinski definition) is 1. The average Bonchev–Trinajstić information content (AvgIpc) is 2.22. The smallest absolute Gasteiger partial charge is 0.119 e. The molecule has 2 rings (SSSR count). The third kappa shape index (κ3) is 3.56. The van der Waals surface area contributed by atoms with E-state index in [1.165, 1.54) is 19.3 Å². The summed E-state index contributed by atoms with van der Waals surface area (Å²) in [4.78, 5) is 0. The molecular formula is C13H19NO. The topological polar surface area (TPSA) is 21.3 Å². The molecule has 0 spiro atoms. The minimum Gasteiger partial charge on any atom is -0.492 e. The van der Waals surface area contributed by atoms with Crippen molar-refractivity contribution in [1.82, 2.24) is 5.32 Å². The number of para-hydroxylation sites is 1. The van der Waals surface area contributed by atoms with E-state index in [9.17, 15) is 0 Å². The van der Waals surface area contributed by atoms with Crippen LogP contribution in [0.5, 0.6) is 5.75 Å². The molecule has 0 aromatic heterocycles. The minimum atomic E-state index is 0.761. The van der Waals surface area contributed by atoms with Crippen molar-refractivity contribution in [3.8, 4) is 5.75 Å². The fourth-order valence-corrected chi connectivity index (χ4v) is 1.76. The normalized spacial score (nSPS) is 16.0. The van der Waals surface area contributed by atoms with Crippen LogP contribution in [0.15, 0.2) is 30.3 Å². The number of nitrogens with one attached hydrogen (secondary N) is 1. The summed E-state index contributed by atoms with van der Waals surface area (Å²) < 4.78 is 5.58. The van der Waals surface area contributed by atoms with Gasteiger partial charge in [-0.05, 0) is 37.4 Å². The maximum absolute atomic E-state index is 5.58. The van der Waals surface area contributed by atoms with Crippen LogP contribution in [0.25, 0.3) is 0 Å². The summed E-state index contributed by atoms with van der Waals surface area (Å²) in [6.07, 6.45) is 4.24. The van der Waals surface area contributed by atoms with Gasteiger partial charge in [0.2, 0.25) is 0 Å². The highest BCUT2D eigenvalue weighted by Gasteiger charge is 2.15. The second kappa shape index (κ2) is 5.76. The summed E-state index contributed by atoms with van der Waals surface area (Å²) in [5.74, 6) is 1.89. The first kappa shape index (κ1) is 10.5. The SMILES string of the molecule is c1ccc(OCCNCC2CCC2)cc1. The van der Waals surface area contributed by atoms with Gasteiger partial charge in [-0.25, -0.2) is 0 Å². The Morgan fingerprint density at radius 3 is 2.67 bits per heavy atom. The third-order valence-corrected chi connectivity index (χ3v) is 2.95. The molecule has 0 aliphatic heterocycles. The standard InChI is InChI=1S/C13H19NO/c1-2-7-13(8-3-1)15-10-9-14-11-12-5-4-6-12/h1-3,7-8,12,14H,4-6,9-11H2. The molecule has 0 unspecified atom stereocenters. The Labute approximate surface area is 91.6 Å². The van der Waals surface area contributed by atoms with E-state index in [0.29, 0.717) is 0 Å². The molecule has 1 aliphatic rings. The van der Waals surface area contributed by atoms with Crippen molar-refractivity contribution in [3.05, 3.63) is 30.3 Å². The molecule has 82 valence electrons. The predicted molar refractivity (Wildman–Crippen MR) is 62.1 cm³/mol. The highest BCUT2D eigenvalue weighted by Crippen LogP contribution is 2.24. The van der Waals surface area contributed by atoms with Crippen LogP contribution in [0.2, 0.25) is 0 Å². The van der Waals surface area contributed by atoms with E-state index in [4.69, 9.17) is 4.74 Å². The fraction of sp³-hybridized carbons (Fsp3) is 0.538. The van der Waals surface area contributed by atoms with Crippen LogP contribution in [-0.2, 0) is 0 Å². The van der Waals surface area contributed by atoms with Crippen LogP contribution in [0, 0.1) is 5.92 Å². The number of hydrogen-bond acceptors (Lipinski definition) is 2. The van der Waals surface area contributed by atoms with E-state index in [0.717, 1.165) is 31.4 Å². The number of benzene rings is 1. The fourth-order valence-electron chi connectivity index (χ4n) is 1.76. The Morgan fingerprint density at radius 1 is 1.20 bits per heavy atom. The monoisotopic (exact) mass is 205 g/mol. The molecule has 1 N–H and O–H groups in total. The van der Waals surface area contributed by atoms with Crippen LogP contribution in [0.4, 0.5) is 0 Å². The first-order valence-electron chi connectivity index (χ1n) is 5.84. The Hall–Kier alpha value is -1.02. The number of ether oxygens (including phenoxy) is 1. The molecule has 1 aliphatic carbocycles. The van der Waals surface area contributed by atoms with Crippen molar-refractivity contribution < 1.29 is 4.74 Å². The van der Waals surface area contributed by atoms with Gasteiger partial charge in [0.05, 0.1) is 0 Å². The zero-order chi connectivity index (χ0) is 10.3. The summed E-state index contributed by atoms with van der Waals surface area (Å²) in [7, 11) is 0. The van der Waals surface area contributed by atoms with Gasteiger partial charge in [-0.3, -0.25) is 0 Å². The van der Waals surface area contributed by atoms with Crippen LogP contribution in [-0.4, -0.2) is 19.7 Å². The van der Waals surface area contributed by atoms with Crippen molar-refractivity contribution in [2.24, 2.45) is 5.92 Å². The quantitative estimate of drug-likeness (QED) is 0.720. The molecule has 0 bridgehead atoms. The molecule has 0 atom stereocenters. The van der Waals surface area contributed by atoms with E-state index < -0.39 is 0 Å². The summed E-state index contributed by atoms with van der Waals surface area (Å²) in [6.45, 7) is 2.88. The van der Waals surface area contributed by atoms with Crippen molar-refractivity contribution >= 4 is 0 Å². The highest BCUT2D eigenvalue weighted by atomic mass is 16.5. The van der Waals surface area contributed by atoms with Crippen molar-refractivity contribution in [2.75, 3.05) is 19.7 Å². The van der Waals surface area contributed by atoms with Gasteiger partial charge in [0.1, 0.15) is 12.4 Å². The molecule has 1 saturated carbocycles. The Bertz CT molecular complexity index is 269. The summed E-state index contributed by atoms with van der Waals surface area (Å²) in [6, 6.07) is 9.98. The Morgan fingerprint density at radius 2 is 2.00 bits per heavy atom. The molecule has 0 heterocycles. The lowest BCUT2D eigenvalue weighted by Gasteiger charge is -2.25. The Balaban J connectivity index is 1.51. The first-order valence-corrected chi connectivity index (χ1v) is 5.84. The van der Waals surface area contributed by atoms with Gasteiger partial charge >= 0.3 is 0 Å². The molecule has 1 fully saturated rings. The van der Waals surface area contributed by atoms with Gasteiger partial charge in [0, 0.05) is 6.54 Å².